The minimum atomic E-state index is 0.342. The fraction of sp³-hybridized carbons (Fsp3) is 0. The van der Waals surface area contributed by atoms with Crippen molar-refractivity contribution in [3.05, 3.63) is 28.7 Å². The number of aromatic nitrogens is 4. The van der Waals surface area contributed by atoms with E-state index in [2.05, 4.69) is 20.1 Å². The maximum absolute atomic E-state index is 8.71. The molecule has 0 aliphatic carbocycles. The van der Waals surface area contributed by atoms with Crippen LogP contribution in [0.5, 0.6) is 0 Å². The van der Waals surface area contributed by atoms with Crippen LogP contribution < -0.4 is 0 Å². The van der Waals surface area contributed by atoms with Crippen molar-refractivity contribution in [1.29, 1.82) is 5.26 Å². The van der Waals surface area contributed by atoms with E-state index in [1.165, 1.54) is 11.3 Å². The van der Waals surface area contributed by atoms with Gasteiger partial charge in [-0.3, -0.25) is 0 Å². The molecular formula is C10H5N5OS. The van der Waals surface area contributed by atoms with E-state index in [1.807, 2.05) is 11.4 Å². The Labute approximate surface area is 99.6 Å². The number of aromatic amines is 1. The first-order valence-corrected chi connectivity index (χ1v) is 5.62. The van der Waals surface area contributed by atoms with E-state index in [4.69, 9.17) is 9.78 Å². The molecule has 82 valence electrons. The lowest BCUT2D eigenvalue weighted by Gasteiger charge is -1.84. The molecule has 3 aromatic rings. The molecule has 7 heteroatoms. The number of hydrogen-bond acceptors (Lipinski definition) is 6. The van der Waals surface area contributed by atoms with Gasteiger partial charge in [-0.25, -0.2) is 4.98 Å². The van der Waals surface area contributed by atoms with Crippen LogP contribution in [-0.2, 0) is 0 Å². The highest BCUT2D eigenvalue weighted by molar-refractivity contribution is 7.07. The average Bonchev–Trinajstić information content (AvgIpc) is 3.09. The third-order valence-corrected chi connectivity index (χ3v) is 2.72. The molecule has 0 unspecified atom stereocenters. The summed E-state index contributed by atoms with van der Waals surface area (Å²) in [7, 11) is 0. The van der Waals surface area contributed by atoms with Crippen molar-refractivity contribution in [2.75, 3.05) is 0 Å². The Bertz CT molecular complexity index is 676. The van der Waals surface area contributed by atoms with Gasteiger partial charge in [-0.1, -0.05) is 5.16 Å². The third kappa shape index (κ3) is 1.70. The van der Waals surface area contributed by atoms with Gasteiger partial charge in [0.1, 0.15) is 17.5 Å². The first-order chi connectivity index (χ1) is 8.36. The van der Waals surface area contributed by atoms with E-state index in [-0.39, 0.29) is 0 Å². The van der Waals surface area contributed by atoms with Crippen LogP contribution in [0.4, 0.5) is 0 Å². The Hall–Kier alpha value is -2.46. The highest BCUT2D eigenvalue weighted by atomic mass is 32.1. The van der Waals surface area contributed by atoms with Gasteiger partial charge in [0.25, 0.3) is 5.89 Å². The van der Waals surface area contributed by atoms with Gasteiger partial charge in [0.05, 0.1) is 11.1 Å². The Balaban J connectivity index is 1.98. The number of nitrogens with one attached hydrogen (secondary N) is 1. The summed E-state index contributed by atoms with van der Waals surface area (Å²) < 4.78 is 5.10. The van der Waals surface area contributed by atoms with E-state index in [0.717, 1.165) is 0 Å². The Morgan fingerprint density at radius 1 is 1.47 bits per heavy atom. The number of nitriles is 1. The van der Waals surface area contributed by atoms with Crippen molar-refractivity contribution < 1.29 is 4.52 Å². The number of hydrogen-bond donors (Lipinski definition) is 1. The normalized spacial score (nSPS) is 10.3. The number of thiazole rings is 1. The Morgan fingerprint density at radius 2 is 2.41 bits per heavy atom. The zero-order valence-electron chi connectivity index (χ0n) is 8.41. The molecule has 0 aliphatic heterocycles. The summed E-state index contributed by atoms with van der Waals surface area (Å²) in [6.07, 6.45) is 1.59. The molecule has 0 aliphatic rings. The molecule has 3 aromatic heterocycles. The monoisotopic (exact) mass is 243 g/mol. The molecule has 1 N–H and O–H groups in total. The molecule has 0 radical (unpaired) electrons. The van der Waals surface area contributed by atoms with Crippen molar-refractivity contribution in [3.8, 4) is 29.2 Å². The summed E-state index contributed by atoms with van der Waals surface area (Å²) in [5.41, 5.74) is 3.52. The predicted octanol–water partition coefficient (Wildman–Crippen LogP) is 2.06. The SMILES string of the molecule is N#Cc1c[nH]c(-c2nc(-c3cscn3)no2)c1. The lowest BCUT2D eigenvalue weighted by atomic mass is 10.3. The van der Waals surface area contributed by atoms with Crippen LogP contribution in [-0.4, -0.2) is 20.1 Å². The van der Waals surface area contributed by atoms with E-state index in [1.54, 1.807) is 17.8 Å². The quantitative estimate of drug-likeness (QED) is 0.743. The lowest BCUT2D eigenvalue weighted by molar-refractivity contribution is 0.431. The molecule has 17 heavy (non-hydrogen) atoms. The third-order valence-electron chi connectivity index (χ3n) is 2.13. The molecule has 0 spiro atoms. The van der Waals surface area contributed by atoms with Crippen LogP contribution in [0.25, 0.3) is 23.1 Å². The van der Waals surface area contributed by atoms with E-state index in [0.29, 0.717) is 28.7 Å². The fourth-order valence-electron chi connectivity index (χ4n) is 1.34. The molecule has 3 heterocycles. The minimum absolute atomic E-state index is 0.342. The van der Waals surface area contributed by atoms with Gasteiger partial charge in [-0.15, -0.1) is 11.3 Å². The van der Waals surface area contributed by atoms with Gasteiger partial charge in [0.15, 0.2) is 0 Å². The van der Waals surface area contributed by atoms with Gasteiger partial charge >= 0.3 is 0 Å². The maximum atomic E-state index is 8.71. The number of rotatable bonds is 2. The Morgan fingerprint density at radius 3 is 3.12 bits per heavy atom. The maximum Gasteiger partial charge on any atom is 0.274 e. The highest BCUT2D eigenvalue weighted by Crippen LogP contribution is 2.21. The van der Waals surface area contributed by atoms with E-state index < -0.39 is 0 Å². The molecule has 0 amide bonds. The van der Waals surface area contributed by atoms with Crippen molar-refractivity contribution in [2.24, 2.45) is 0 Å². The van der Waals surface area contributed by atoms with Crippen molar-refractivity contribution in [3.63, 3.8) is 0 Å². The molecular weight excluding hydrogens is 238 g/mol. The summed E-state index contributed by atoms with van der Waals surface area (Å²) >= 11 is 1.46. The predicted molar refractivity (Wildman–Crippen MR) is 59.9 cm³/mol. The van der Waals surface area contributed by atoms with Crippen LogP contribution in [0.15, 0.2) is 27.7 Å². The molecule has 0 atom stereocenters. The lowest BCUT2D eigenvalue weighted by Crippen LogP contribution is -1.80. The fourth-order valence-corrected chi connectivity index (χ4v) is 1.87. The first kappa shape index (κ1) is 9.74. The second-order valence-corrected chi connectivity index (χ2v) is 3.93. The average molecular weight is 243 g/mol. The van der Waals surface area contributed by atoms with Crippen LogP contribution in [0, 0.1) is 11.3 Å². The summed E-state index contributed by atoms with van der Waals surface area (Å²) in [5, 5.41) is 14.4. The molecule has 0 aromatic carbocycles. The van der Waals surface area contributed by atoms with Gasteiger partial charge in [0.2, 0.25) is 5.82 Å². The molecule has 3 rings (SSSR count). The zero-order chi connectivity index (χ0) is 11.7. The smallest absolute Gasteiger partial charge is 0.274 e. The Kier molecular flexibility index (Phi) is 2.20. The van der Waals surface area contributed by atoms with Crippen LogP contribution in [0.2, 0.25) is 0 Å². The first-order valence-electron chi connectivity index (χ1n) is 4.68. The van der Waals surface area contributed by atoms with Crippen LogP contribution >= 0.6 is 11.3 Å². The largest absolute Gasteiger partial charge is 0.356 e. The summed E-state index contributed by atoms with van der Waals surface area (Å²) in [6.45, 7) is 0. The van der Waals surface area contributed by atoms with Gasteiger partial charge in [-0.05, 0) is 6.07 Å². The van der Waals surface area contributed by atoms with Crippen molar-refractivity contribution in [1.82, 2.24) is 20.1 Å². The number of H-pyrrole nitrogens is 1. The van der Waals surface area contributed by atoms with Gasteiger partial charge < -0.3 is 9.51 Å². The summed E-state index contributed by atoms with van der Waals surface area (Å²) in [5.74, 6) is 0.781. The number of nitrogens with zero attached hydrogens (tertiary/aromatic N) is 4. The molecule has 0 bridgehead atoms. The second-order valence-electron chi connectivity index (χ2n) is 3.21. The molecule has 0 saturated carbocycles. The van der Waals surface area contributed by atoms with Crippen LogP contribution in [0.3, 0.4) is 0 Å². The minimum Gasteiger partial charge on any atom is -0.356 e. The topological polar surface area (TPSA) is 91.4 Å². The van der Waals surface area contributed by atoms with Crippen LogP contribution in [0.1, 0.15) is 5.56 Å². The van der Waals surface area contributed by atoms with Crippen molar-refractivity contribution in [2.45, 2.75) is 0 Å². The molecule has 6 nitrogen and oxygen atoms in total. The van der Waals surface area contributed by atoms with Gasteiger partial charge in [0, 0.05) is 11.6 Å². The highest BCUT2D eigenvalue weighted by Gasteiger charge is 2.13. The van der Waals surface area contributed by atoms with Crippen molar-refractivity contribution >= 4 is 11.3 Å². The molecule has 0 fully saturated rings. The zero-order valence-corrected chi connectivity index (χ0v) is 9.23. The van der Waals surface area contributed by atoms with E-state index in [9.17, 15) is 0 Å². The molecule has 0 saturated heterocycles. The van der Waals surface area contributed by atoms with E-state index >= 15 is 0 Å². The standard InChI is InChI=1S/C10H5N5OS/c11-2-6-1-7(12-3-6)10-14-9(15-16-10)8-4-17-5-13-8/h1,3-5,12H. The van der Waals surface area contributed by atoms with Gasteiger partial charge in [-0.2, -0.15) is 10.2 Å². The summed E-state index contributed by atoms with van der Waals surface area (Å²) in [4.78, 5) is 11.2. The summed E-state index contributed by atoms with van der Waals surface area (Å²) in [6, 6.07) is 3.67. The second kappa shape index (κ2) is 3.84.